The molecule has 3 aliphatic carbocycles. The molecule has 5 unspecified atom stereocenters. The molecule has 0 heterocycles. The quantitative estimate of drug-likeness (QED) is 0.350. The Bertz CT molecular complexity index is 719. The van der Waals surface area contributed by atoms with Crippen LogP contribution in [-0.2, 0) is 9.53 Å². The first-order valence-electron chi connectivity index (χ1n) is 12.3. The van der Waals surface area contributed by atoms with Crippen molar-refractivity contribution in [3.63, 3.8) is 0 Å². The molecule has 30 heavy (non-hydrogen) atoms. The van der Waals surface area contributed by atoms with Crippen LogP contribution in [0.2, 0.25) is 0 Å². The number of esters is 1. The fraction of sp³-hybridized carbons (Fsp3) is 0.750. The molecule has 0 bridgehead atoms. The molecule has 0 spiro atoms. The molecule has 0 aromatic heterocycles. The van der Waals surface area contributed by atoms with Crippen LogP contribution < -0.4 is 0 Å². The zero-order valence-corrected chi connectivity index (χ0v) is 20.4. The summed E-state index contributed by atoms with van der Waals surface area (Å²) in [6.45, 7) is 17.7. The van der Waals surface area contributed by atoms with Gasteiger partial charge in [-0.15, -0.1) is 0 Å². The number of rotatable bonds is 4. The Morgan fingerprint density at radius 3 is 2.63 bits per heavy atom. The number of fused-ring (bicyclic) bond motifs is 1. The maximum Gasteiger partial charge on any atom is 0.311 e. The standard InChI is InChI=1S/C28H44O2/c1-19-10-11-22(17-20(19)2)12-13-23-9-8-16-28(7)24(14-15-25(23)28)21(3)18-30-26(29)27(4,5)6/h12-13,20-21,24-25H,1,8-11,14-18H2,2-7H3. The van der Waals surface area contributed by atoms with Crippen LogP contribution in [0.15, 0.2) is 35.5 Å². The second-order valence-corrected chi connectivity index (χ2v) is 11.8. The highest BCUT2D eigenvalue weighted by atomic mass is 16.5. The van der Waals surface area contributed by atoms with E-state index in [4.69, 9.17) is 4.74 Å². The summed E-state index contributed by atoms with van der Waals surface area (Å²) in [4.78, 5) is 12.2. The van der Waals surface area contributed by atoms with Gasteiger partial charge in [-0.3, -0.25) is 4.79 Å². The number of carbonyl (C=O) groups is 1. The lowest BCUT2D eigenvalue weighted by atomic mass is 9.61. The van der Waals surface area contributed by atoms with Crippen LogP contribution in [0.1, 0.15) is 92.9 Å². The summed E-state index contributed by atoms with van der Waals surface area (Å²) in [5.41, 5.74) is 4.63. The minimum Gasteiger partial charge on any atom is -0.465 e. The van der Waals surface area contributed by atoms with E-state index in [2.05, 4.69) is 39.5 Å². The second kappa shape index (κ2) is 9.05. The van der Waals surface area contributed by atoms with Crippen LogP contribution in [0, 0.1) is 34.5 Å². The first-order valence-corrected chi connectivity index (χ1v) is 12.3. The molecule has 0 radical (unpaired) electrons. The lowest BCUT2D eigenvalue weighted by molar-refractivity contribution is -0.155. The average Bonchev–Trinajstić information content (AvgIpc) is 3.03. The molecule has 0 N–H and O–H groups in total. The van der Waals surface area contributed by atoms with Crippen LogP contribution in [0.5, 0.6) is 0 Å². The van der Waals surface area contributed by atoms with Gasteiger partial charge >= 0.3 is 5.97 Å². The van der Waals surface area contributed by atoms with Gasteiger partial charge in [0.2, 0.25) is 0 Å². The smallest absolute Gasteiger partial charge is 0.311 e. The number of ether oxygens (including phenoxy) is 1. The SMILES string of the molecule is C=C1CCC(=CC=C2CCCC3(C)C2CCC3C(C)COC(=O)C(C)(C)C)CC1C. The number of hydrogen-bond acceptors (Lipinski definition) is 2. The maximum atomic E-state index is 12.2. The van der Waals surface area contributed by atoms with Gasteiger partial charge in [-0.2, -0.15) is 0 Å². The summed E-state index contributed by atoms with van der Waals surface area (Å²) in [5, 5.41) is 0. The van der Waals surface area contributed by atoms with Crippen molar-refractivity contribution < 1.29 is 9.53 Å². The Hall–Kier alpha value is -1.31. The van der Waals surface area contributed by atoms with Crippen molar-refractivity contribution in [2.75, 3.05) is 6.61 Å². The van der Waals surface area contributed by atoms with E-state index in [-0.39, 0.29) is 5.97 Å². The van der Waals surface area contributed by atoms with Crippen LogP contribution in [0.3, 0.4) is 0 Å². The highest BCUT2D eigenvalue weighted by Gasteiger charge is 2.50. The van der Waals surface area contributed by atoms with Crippen molar-refractivity contribution in [1.82, 2.24) is 0 Å². The zero-order valence-electron chi connectivity index (χ0n) is 20.4. The monoisotopic (exact) mass is 412 g/mol. The van der Waals surface area contributed by atoms with Crippen LogP contribution in [0.25, 0.3) is 0 Å². The summed E-state index contributed by atoms with van der Waals surface area (Å²) in [7, 11) is 0. The lowest BCUT2D eigenvalue weighted by Gasteiger charge is -2.44. The second-order valence-electron chi connectivity index (χ2n) is 11.8. The summed E-state index contributed by atoms with van der Waals surface area (Å²) in [6, 6.07) is 0. The topological polar surface area (TPSA) is 26.3 Å². The third-order valence-electron chi connectivity index (χ3n) is 8.38. The molecule has 0 aromatic carbocycles. The molecule has 0 aromatic rings. The molecular formula is C28H44O2. The molecular weight excluding hydrogens is 368 g/mol. The van der Waals surface area contributed by atoms with Gasteiger partial charge in [0.25, 0.3) is 0 Å². The highest BCUT2D eigenvalue weighted by molar-refractivity contribution is 5.75. The van der Waals surface area contributed by atoms with E-state index in [9.17, 15) is 4.79 Å². The van der Waals surface area contributed by atoms with Crippen molar-refractivity contribution in [2.24, 2.45) is 34.5 Å². The number of carbonyl (C=O) groups excluding carboxylic acids is 1. The Balaban J connectivity index is 1.67. The molecule has 0 amide bonds. The minimum atomic E-state index is -0.418. The van der Waals surface area contributed by atoms with Gasteiger partial charge < -0.3 is 4.74 Å². The zero-order chi connectivity index (χ0) is 22.1. The van der Waals surface area contributed by atoms with Gasteiger partial charge in [0.15, 0.2) is 0 Å². The van der Waals surface area contributed by atoms with Gasteiger partial charge in [0.1, 0.15) is 0 Å². The maximum absolute atomic E-state index is 12.2. The number of allylic oxidation sites excluding steroid dienone is 5. The summed E-state index contributed by atoms with van der Waals surface area (Å²) in [6.07, 6.45) is 14.9. The minimum absolute atomic E-state index is 0.0747. The third-order valence-corrected chi connectivity index (χ3v) is 8.38. The van der Waals surface area contributed by atoms with E-state index < -0.39 is 5.41 Å². The van der Waals surface area contributed by atoms with Crippen LogP contribution in [-0.4, -0.2) is 12.6 Å². The van der Waals surface area contributed by atoms with Gasteiger partial charge in [-0.05, 0) is 101 Å². The average molecular weight is 413 g/mol. The van der Waals surface area contributed by atoms with E-state index in [1.165, 1.54) is 50.5 Å². The van der Waals surface area contributed by atoms with E-state index in [0.717, 1.165) is 6.42 Å². The predicted molar refractivity (Wildman–Crippen MR) is 126 cm³/mol. The molecule has 3 rings (SSSR count). The van der Waals surface area contributed by atoms with Crippen molar-refractivity contribution in [1.29, 1.82) is 0 Å². The van der Waals surface area contributed by atoms with Gasteiger partial charge in [-0.1, -0.05) is 56.2 Å². The van der Waals surface area contributed by atoms with E-state index >= 15 is 0 Å². The molecule has 3 fully saturated rings. The molecule has 2 nitrogen and oxygen atoms in total. The Kier molecular flexibility index (Phi) is 7.04. The molecule has 5 atom stereocenters. The van der Waals surface area contributed by atoms with Crippen molar-refractivity contribution in [3.05, 3.63) is 35.5 Å². The molecule has 0 aliphatic heterocycles. The van der Waals surface area contributed by atoms with E-state index in [1.54, 1.807) is 11.1 Å². The van der Waals surface area contributed by atoms with Gasteiger partial charge in [0, 0.05) is 0 Å². The molecule has 3 aliphatic rings. The van der Waals surface area contributed by atoms with Crippen molar-refractivity contribution >= 4 is 5.97 Å². The van der Waals surface area contributed by atoms with Crippen molar-refractivity contribution in [2.45, 2.75) is 92.9 Å². The Morgan fingerprint density at radius 1 is 1.23 bits per heavy atom. The summed E-state index contributed by atoms with van der Waals surface area (Å²) < 4.78 is 5.71. The fourth-order valence-corrected chi connectivity index (χ4v) is 6.34. The van der Waals surface area contributed by atoms with Gasteiger partial charge in [0.05, 0.1) is 12.0 Å². The van der Waals surface area contributed by atoms with Crippen LogP contribution >= 0.6 is 0 Å². The summed E-state index contributed by atoms with van der Waals surface area (Å²) >= 11 is 0. The molecule has 3 saturated carbocycles. The van der Waals surface area contributed by atoms with Crippen LogP contribution in [0.4, 0.5) is 0 Å². The van der Waals surface area contributed by atoms with Gasteiger partial charge in [-0.25, -0.2) is 0 Å². The Labute approximate surface area is 185 Å². The fourth-order valence-electron chi connectivity index (χ4n) is 6.34. The highest BCUT2D eigenvalue weighted by Crippen LogP contribution is 2.59. The predicted octanol–water partition coefficient (Wildman–Crippen LogP) is 7.66. The number of hydrogen-bond donors (Lipinski definition) is 0. The van der Waals surface area contributed by atoms with E-state index in [1.807, 2.05) is 20.8 Å². The largest absolute Gasteiger partial charge is 0.465 e. The summed E-state index contributed by atoms with van der Waals surface area (Å²) in [5.74, 6) is 2.32. The molecule has 0 saturated heterocycles. The van der Waals surface area contributed by atoms with E-state index in [0.29, 0.717) is 35.7 Å². The first-order chi connectivity index (χ1) is 14.0. The molecule has 168 valence electrons. The lowest BCUT2D eigenvalue weighted by Crippen LogP contribution is -2.37. The Morgan fingerprint density at radius 2 is 1.97 bits per heavy atom. The first kappa shape index (κ1) is 23.4. The third kappa shape index (κ3) is 4.94. The normalized spacial score (nSPS) is 36.1. The van der Waals surface area contributed by atoms with Crippen molar-refractivity contribution in [3.8, 4) is 0 Å². The molecule has 2 heteroatoms.